The first-order valence-corrected chi connectivity index (χ1v) is 6.68. The fourth-order valence-electron chi connectivity index (χ4n) is 2.10. The van der Waals surface area contributed by atoms with Gasteiger partial charge in [-0.2, -0.15) is 5.26 Å². The molecule has 4 heteroatoms. The summed E-state index contributed by atoms with van der Waals surface area (Å²) in [5.41, 5.74) is 8.40. The smallest absolute Gasteiger partial charge is 0.147 e. The van der Waals surface area contributed by atoms with E-state index in [2.05, 4.69) is 36.7 Å². The molecule has 0 amide bonds. The maximum absolute atomic E-state index is 9.35. The molecule has 0 aliphatic carbocycles. The van der Waals surface area contributed by atoms with E-state index in [-0.39, 0.29) is 5.41 Å². The van der Waals surface area contributed by atoms with Crippen molar-refractivity contribution in [2.75, 3.05) is 24.5 Å². The summed E-state index contributed by atoms with van der Waals surface area (Å²) in [5.74, 6) is 0.782. The summed E-state index contributed by atoms with van der Waals surface area (Å²) in [6.45, 7) is 12.5. The maximum atomic E-state index is 9.35. The van der Waals surface area contributed by atoms with Crippen LogP contribution >= 0.6 is 0 Å². The molecule has 1 aromatic rings. The lowest BCUT2D eigenvalue weighted by molar-refractivity contribution is 0.378. The predicted octanol–water partition coefficient (Wildman–Crippen LogP) is 2.38. The third kappa shape index (κ3) is 3.68. The van der Waals surface area contributed by atoms with Gasteiger partial charge in [0.15, 0.2) is 0 Å². The summed E-state index contributed by atoms with van der Waals surface area (Å²) in [6, 6.07) is 4.22. The maximum Gasteiger partial charge on any atom is 0.147 e. The summed E-state index contributed by atoms with van der Waals surface area (Å²) in [4.78, 5) is 6.70. The second-order valence-electron chi connectivity index (χ2n) is 5.77. The average molecular weight is 260 g/mol. The van der Waals surface area contributed by atoms with Crippen molar-refractivity contribution in [2.24, 2.45) is 11.1 Å². The van der Waals surface area contributed by atoms with E-state index in [1.807, 2.05) is 19.9 Å². The van der Waals surface area contributed by atoms with Crippen LogP contribution in [0.2, 0.25) is 0 Å². The van der Waals surface area contributed by atoms with E-state index in [1.54, 1.807) is 0 Å². The molecule has 0 aliphatic rings. The zero-order chi connectivity index (χ0) is 14.6. The van der Waals surface area contributed by atoms with E-state index < -0.39 is 0 Å². The molecule has 0 unspecified atom stereocenters. The van der Waals surface area contributed by atoms with Crippen molar-refractivity contribution in [1.29, 1.82) is 5.26 Å². The summed E-state index contributed by atoms with van der Waals surface area (Å²) in [7, 11) is 0. The Labute approximate surface area is 116 Å². The molecule has 0 fully saturated rings. The molecule has 0 saturated carbocycles. The Kier molecular flexibility index (Phi) is 4.90. The van der Waals surface area contributed by atoms with Gasteiger partial charge in [0.1, 0.15) is 11.9 Å². The average Bonchev–Trinajstić information content (AvgIpc) is 2.35. The van der Waals surface area contributed by atoms with Gasteiger partial charge in [-0.25, -0.2) is 4.98 Å². The first-order chi connectivity index (χ1) is 8.84. The Hall–Kier alpha value is -1.60. The Balaban J connectivity index is 3.22. The Morgan fingerprint density at radius 2 is 2.05 bits per heavy atom. The minimum absolute atomic E-state index is 0.00205. The van der Waals surface area contributed by atoms with Crippen LogP contribution in [0.15, 0.2) is 6.07 Å². The van der Waals surface area contributed by atoms with Gasteiger partial charge in [0.2, 0.25) is 0 Å². The molecule has 0 aromatic carbocycles. The molecular formula is C15H24N4. The number of nitriles is 1. The lowest BCUT2D eigenvalue weighted by Gasteiger charge is -2.32. The second-order valence-corrected chi connectivity index (χ2v) is 5.77. The highest BCUT2D eigenvalue weighted by molar-refractivity contribution is 5.58. The third-order valence-corrected chi connectivity index (χ3v) is 3.29. The topological polar surface area (TPSA) is 65.9 Å². The van der Waals surface area contributed by atoms with Crippen LogP contribution in [0.3, 0.4) is 0 Å². The van der Waals surface area contributed by atoms with Gasteiger partial charge in [-0.05, 0) is 44.4 Å². The summed E-state index contributed by atoms with van der Waals surface area (Å²) >= 11 is 0. The van der Waals surface area contributed by atoms with Gasteiger partial charge in [0.25, 0.3) is 0 Å². The van der Waals surface area contributed by atoms with Crippen molar-refractivity contribution in [3.05, 3.63) is 22.9 Å². The van der Waals surface area contributed by atoms with E-state index in [1.165, 1.54) is 0 Å². The zero-order valence-corrected chi connectivity index (χ0v) is 12.6. The van der Waals surface area contributed by atoms with Crippen LogP contribution in [0.25, 0.3) is 0 Å². The number of aryl methyl sites for hydroxylation is 2. The molecule has 4 nitrogen and oxygen atoms in total. The van der Waals surface area contributed by atoms with Crippen molar-refractivity contribution < 1.29 is 0 Å². The first kappa shape index (κ1) is 15.5. The summed E-state index contributed by atoms with van der Waals surface area (Å²) < 4.78 is 0. The highest BCUT2D eigenvalue weighted by Crippen LogP contribution is 2.25. The van der Waals surface area contributed by atoms with Crippen LogP contribution in [0.4, 0.5) is 5.82 Å². The molecule has 1 heterocycles. The Morgan fingerprint density at radius 1 is 1.42 bits per heavy atom. The number of anilines is 1. The van der Waals surface area contributed by atoms with Gasteiger partial charge >= 0.3 is 0 Å². The van der Waals surface area contributed by atoms with E-state index >= 15 is 0 Å². The van der Waals surface area contributed by atoms with Crippen molar-refractivity contribution in [1.82, 2.24) is 4.98 Å². The molecule has 0 spiro atoms. The molecule has 0 radical (unpaired) electrons. The third-order valence-electron chi connectivity index (χ3n) is 3.29. The number of hydrogen-bond acceptors (Lipinski definition) is 4. The Morgan fingerprint density at radius 3 is 2.53 bits per heavy atom. The molecule has 1 aromatic heterocycles. The monoisotopic (exact) mass is 260 g/mol. The second kappa shape index (κ2) is 6.03. The molecule has 0 atom stereocenters. The first-order valence-electron chi connectivity index (χ1n) is 6.68. The van der Waals surface area contributed by atoms with Crippen molar-refractivity contribution in [3.63, 3.8) is 0 Å². The van der Waals surface area contributed by atoms with Crippen LogP contribution in [0.5, 0.6) is 0 Å². The minimum atomic E-state index is 0.00205. The highest BCUT2D eigenvalue weighted by atomic mass is 15.2. The normalized spacial score (nSPS) is 11.2. The van der Waals surface area contributed by atoms with E-state index in [9.17, 15) is 5.26 Å². The zero-order valence-electron chi connectivity index (χ0n) is 12.6. The number of nitrogens with zero attached hydrogens (tertiary/aromatic N) is 3. The lowest BCUT2D eigenvalue weighted by Crippen LogP contribution is -2.39. The standard InChI is InChI=1S/C15H24N4/c1-6-19(10-15(4,5)9-17)14-13(8-16)11(2)7-12(3)18-14/h7H,6,9-10,17H2,1-5H3. The van der Waals surface area contributed by atoms with Crippen LogP contribution in [0.1, 0.15) is 37.6 Å². The fourth-order valence-corrected chi connectivity index (χ4v) is 2.10. The molecule has 19 heavy (non-hydrogen) atoms. The van der Waals surface area contributed by atoms with Gasteiger partial charge in [-0.1, -0.05) is 13.8 Å². The van der Waals surface area contributed by atoms with Gasteiger partial charge in [-0.15, -0.1) is 0 Å². The van der Waals surface area contributed by atoms with Crippen molar-refractivity contribution >= 4 is 5.82 Å². The van der Waals surface area contributed by atoms with Crippen LogP contribution in [0, 0.1) is 30.6 Å². The molecule has 1 rings (SSSR count). The van der Waals surface area contributed by atoms with Crippen LogP contribution in [-0.2, 0) is 0 Å². The number of hydrogen-bond donors (Lipinski definition) is 1. The minimum Gasteiger partial charge on any atom is -0.355 e. The quantitative estimate of drug-likeness (QED) is 0.882. The molecule has 2 N–H and O–H groups in total. The number of nitrogens with two attached hydrogens (primary N) is 1. The largest absolute Gasteiger partial charge is 0.355 e. The van der Waals surface area contributed by atoms with Gasteiger partial charge in [0.05, 0.1) is 5.56 Å². The fraction of sp³-hybridized carbons (Fsp3) is 0.600. The van der Waals surface area contributed by atoms with Gasteiger partial charge < -0.3 is 10.6 Å². The molecule has 0 saturated heterocycles. The van der Waals surface area contributed by atoms with E-state index in [4.69, 9.17) is 5.73 Å². The van der Waals surface area contributed by atoms with E-state index in [0.717, 1.165) is 30.2 Å². The lowest BCUT2D eigenvalue weighted by atomic mass is 9.93. The van der Waals surface area contributed by atoms with E-state index in [0.29, 0.717) is 12.1 Å². The van der Waals surface area contributed by atoms with Crippen molar-refractivity contribution in [2.45, 2.75) is 34.6 Å². The van der Waals surface area contributed by atoms with Crippen molar-refractivity contribution in [3.8, 4) is 6.07 Å². The molecule has 104 valence electrons. The van der Waals surface area contributed by atoms with Gasteiger partial charge in [-0.3, -0.25) is 0 Å². The summed E-state index contributed by atoms with van der Waals surface area (Å²) in [5, 5.41) is 9.35. The highest BCUT2D eigenvalue weighted by Gasteiger charge is 2.23. The number of aromatic nitrogens is 1. The summed E-state index contributed by atoms with van der Waals surface area (Å²) in [6.07, 6.45) is 0. The SMILES string of the molecule is CCN(CC(C)(C)CN)c1nc(C)cc(C)c1C#N. The molecular weight excluding hydrogens is 236 g/mol. The number of pyridine rings is 1. The number of rotatable bonds is 5. The Bertz CT molecular complexity index is 486. The van der Waals surface area contributed by atoms with Crippen LogP contribution in [-0.4, -0.2) is 24.6 Å². The van der Waals surface area contributed by atoms with Crippen LogP contribution < -0.4 is 10.6 Å². The van der Waals surface area contributed by atoms with Gasteiger partial charge in [0, 0.05) is 18.8 Å². The predicted molar refractivity (Wildman–Crippen MR) is 79.1 cm³/mol. The molecule has 0 bridgehead atoms. The molecule has 0 aliphatic heterocycles.